The fourth-order valence-electron chi connectivity index (χ4n) is 12.2. The molecule has 0 saturated carbocycles. The van der Waals surface area contributed by atoms with Gasteiger partial charge in [0.1, 0.15) is 11.5 Å². The molecule has 0 unspecified atom stereocenters. The molecule has 13 aromatic carbocycles. The monoisotopic (exact) mass is 1000 g/mol. The summed E-state index contributed by atoms with van der Waals surface area (Å²) in [5.41, 5.74) is 17.9. The molecule has 0 aliphatic carbocycles. The molecular weight excluding hydrogens is 953 g/mol. The summed E-state index contributed by atoms with van der Waals surface area (Å²) >= 11 is 0. The van der Waals surface area contributed by atoms with Gasteiger partial charge in [-0.05, 0) is 183 Å². The van der Waals surface area contributed by atoms with Crippen molar-refractivity contribution in [1.82, 2.24) is 9.13 Å². The van der Waals surface area contributed by atoms with Crippen molar-refractivity contribution in [3.05, 3.63) is 267 Å². The zero-order valence-corrected chi connectivity index (χ0v) is 43.0. The lowest BCUT2D eigenvalue weighted by Crippen LogP contribution is -2.10. The fourth-order valence-corrected chi connectivity index (χ4v) is 12.2. The molecule has 0 bridgehead atoms. The van der Waals surface area contributed by atoms with Crippen LogP contribution >= 0.6 is 0 Å². The Morgan fingerprint density at radius 3 is 1.01 bits per heavy atom. The molecule has 2 heterocycles. The summed E-state index contributed by atoms with van der Waals surface area (Å²) in [6.45, 7) is 0. The largest absolute Gasteiger partial charge is 0.497 e. The van der Waals surface area contributed by atoms with Gasteiger partial charge in [0.2, 0.25) is 0 Å². The normalized spacial score (nSPS) is 11.7. The molecule has 0 radical (unpaired) electrons. The highest BCUT2D eigenvalue weighted by atomic mass is 16.5. The standard InChI is InChI=1S/C72H50N4O2/c1-77-63-38-34-59(35-39-63)73(61-43-53-24-22-49-12-10-20-65-69(49)71(53)67(45-61)75(65)55-16-5-3-6-17-55)57-30-26-47(27-31-57)51-14-9-15-52(42-51)48-28-32-58(33-29-48)74(60-36-40-64(78-2)41-37-60)62-44-54-25-23-50-13-11-21-66-70(50)72(54)68(46-62)76(66)56-18-7-4-8-19-56/h3-46H,1-2H3. The van der Waals surface area contributed by atoms with Gasteiger partial charge in [-0.1, -0.05) is 127 Å². The number of ether oxygens (including phenoxy) is 2. The van der Waals surface area contributed by atoms with Crippen LogP contribution in [-0.4, -0.2) is 23.4 Å². The van der Waals surface area contributed by atoms with E-state index in [2.05, 4.69) is 262 Å². The lowest BCUT2D eigenvalue weighted by Gasteiger charge is -2.27. The molecule has 0 saturated heterocycles. The van der Waals surface area contributed by atoms with Gasteiger partial charge in [-0.25, -0.2) is 0 Å². The van der Waals surface area contributed by atoms with Crippen molar-refractivity contribution in [2.75, 3.05) is 24.0 Å². The van der Waals surface area contributed by atoms with E-state index < -0.39 is 0 Å². The summed E-state index contributed by atoms with van der Waals surface area (Å²) in [5.74, 6) is 1.63. The second kappa shape index (κ2) is 18.2. The molecule has 0 atom stereocenters. The number of para-hydroxylation sites is 2. The molecule has 78 heavy (non-hydrogen) atoms. The van der Waals surface area contributed by atoms with E-state index in [4.69, 9.17) is 9.47 Å². The highest BCUT2D eigenvalue weighted by molar-refractivity contribution is 6.26. The minimum absolute atomic E-state index is 0.815. The molecule has 15 rings (SSSR count). The number of rotatable bonds is 12. The van der Waals surface area contributed by atoms with E-state index in [1.165, 1.54) is 65.2 Å². The first kappa shape index (κ1) is 45.1. The van der Waals surface area contributed by atoms with Crippen LogP contribution in [0.3, 0.4) is 0 Å². The molecule has 15 aromatic rings. The Balaban J connectivity index is 0.794. The predicted molar refractivity (Wildman–Crippen MR) is 326 cm³/mol. The van der Waals surface area contributed by atoms with Crippen LogP contribution < -0.4 is 19.3 Å². The fraction of sp³-hybridized carbons (Fsp3) is 0.0278. The molecule has 0 spiro atoms. The van der Waals surface area contributed by atoms with Crippen LogP contribution in [0.2, 0.25) is 0 Å². The maximum absolute atomic E-state index is 5.63. The summed E-state index contributed by atoms with van der Waals surface area (Å²) in [4.78, 5) is 4.71. The lowest BCUT2D eigenvalue weighted by molar-refractivity contribution is 0.414. The van der Waals surface area contributed by atoms with Gasteiger partial charge in [-0.15, -0.1) is 0 Å². The Morgan fingerprint density at radius 1 is 0.256 bits per heavy atom. The van der Waals surface area contributed by atoms with Gasteiger partial charge in [0, 0.05) is 67.0 Å². The molecule has 2 aromatic heterocycles. The summed E-state index contributed by atoms with van der Waals surface area (Å²) < 4.78 is 16.1. The molecule has 0 N–H and O–H groups in total. The van der Waals surface area contributed by atoms with Gasteiger partial charge >= 0.3 is 0 Å². The van der Waals surface area contributed by atoms with E-state index in [0.29, 0.717) is 0 Å². The van der Waals surface area contributed by atoms with Gasteiger partial charge in [-0.2, -0.15) is 0 Å². The number of nitrogens with zero attached hydrogens (tertiary/aromatic N) is 4. The van der Waals surface area contributed by atoms with Crippen molar-refractivity contribution in [3.8, 4) is 45.1 Å². The van der Waals surface area contributed by atoms with Crippen LogP contribution in [0.4, 0.5) is 34.1 Å². The van der Waals surface area contributed by atoms with Crippen molar-refractivity contribution in [3.63, 3.8) is 0 Å². The Labute approximate surface area is 451 Å². The van der Waals surface area contributed by atoms with E-state index >= 15 is 0 Å². The van der Waals surface area contributed by atoms with E-state index in [1.807, 2.05) is 24.3 Å². The summed E-state index contributed by atoms with van der Waals surface area (Å²) in [6.07, 6.45) is 0. The van der Waals surface area contributed by atoms with Crippen LogP contribution in [0.1, 0.15) is 0 Å². The summed E-state index contributed by atoms with van der Waals surface area (Å²) in [6, 6.07) is 96.6. The van der Waals surface area contributed by atoms with Crippen molar-refractivity contribution in [2.45, 2.75) is 0 Å². The third kappa shape index (κ3) is 7.33. The summed E-state index contributed by atoms with van der Waals surface area (Å²) in [7, 11) is 3.43. The SMILES string of the molecule is COc1ccc(N(c2ccc(-c3cccc(-c4ccc(N(c5ccc(OC)cc5)c5cc6ccc7cccc8c7c6c(c5)n8-c5ccccc5)cc4)c3)cc2)c2cc3ccc4cccc5c4c3c(c2)n5-c2ccccc2)cc1. The zero-order valence-electron chi connectivity index (χ0n) is 43.0. The number of aromatic nitrogens is 2. The van der Waals surface area contributed by atoms with Crippen LogP contribution in [0.5, 0.6) is 11.5 Å². The molecule has 6 heteroatoms. The quantitative estimate of drug-likeness (QED) is 0.114. The third-order valence-corrected chi connectivity index (χ3v) is 15.8. The first-order valence-electron chi connectivity index (χ1n) is 26.5. The van der Waals surface area contributed by atoms with Gasteiger partial charge in [-0.3, -0.25) is 0 Å². The predicted octanol–water partition coefficient (Wildman–Crippen LogP) is 19.4. The molecule has 0 aliphatic rings. The van der Waals surface area contributed by atoms with Gasteiger partial charge in [0.05, 0.1) is 36.3 Å². The van der Waals surface area contributed by atoms with E-state index in [0.717, 1.165) is 79.3 Å². The maximum Gasteiger partial charge on any atom is 0.119 e. The van der Waals surface area contributed by atoms with Gasteiger partial charge < -0.3 is 28.4 Å². The molecule has 0 aliphatic heterocycles. The average Bonchev–Trinajstić information content (AvgIpc) is 3.92. The van der Waals surface area contributed by atoms with Gasteiger partial charge in [0.25, 0.3) is 0 Å². The molecule has 6 nitrogen and oxygen atoms in total. The Bertz CT molecular complexity index is 4360. The van der Waals surface area contributed by atoms with Crippen molar-refractivity contribution < 1.29 is 9.47 Å². The molecule has 0 amide bonds. The zero-order chi connectivity index (χ0) is 51.8. The Morgan fingerprint density at radius 2 is 0.615 bits per heavy atom. The molecule has 0 fully saturated rings. The van der Waals surface area contributed by atoms with Gasteiger partial charge in [0.15, 0.2) is 0 Å². The first-order chi connectivity index (χ1) is 38.6. The van der Waals surface area contributed by atoms with Crippen molar-refractivity contribution in [2.24, 2.45) is 0 Å². The number of hydrogen-bond acceptors (Lipinski definition) is 4. The highest BCUT2D eigenvalue weighted by Crippen LogP contribution is 2.47. The highest BCUT2D eigenvalue weighted by Gasteiger charge is 2.23. The van der Waals surface area contributed by atoms with Crippen LogP contribution in [0, 0.1) is 0 Å². The number of hydrogen-bond donors (Lipinski definition) is 0. The smallest absolute Gasteiger partial charge is 0.119 e. The van der Waals surface area contributed by atoms with Crippen LogP contribution in [-0.2, 0) is 0 Å². The third-order valence-electron chi connectivity index (χ3n) is 15.8. The minimum atomic E-state index is 0.815. The molecular formula is C72H50N4O2. The Hall–Kier alpha value is -10.3. The second-order valence-corrected chi connectivity index (χ2v) is 20.1. The van der Waals surface area contributed by atoms with Crippen LogP contribution in [0.25, 0.3) is 98.8 Å². The summed E-state index contributed by atoms with van der Waals surface area (Å²) in [5, 5.41) is 10.0. The number of anilines is 6. The number of methoxy groups -OCH3 is 2. The van der Waals surface area contributed by atoms with E-state index in [1.54, 1.807) is 14.2 Å². The van der Waals surface area contributed by atoms with Crippen molar-refractivity contribution >= 4 is 99.3 Å². The molecule has 370 valence electrons. The van der Waals surface area contributed by atoms with E-state index in [9.17, 15) is 0 Å². The number of benzene rings is 13. The lowest BCUT2D eigenvalue weighted by atomic mass is 9.98. The topological polar surface area (TPSA) is 34.8 Å². The van der Waals surface area contributed by atoms with Crippen LogP contribution in [0.15, 0.2) is 267 Å². The van der Waals surface area contributed by atoms with E-state index in [-0.39, 0.29) is 0 Å². The van der Waals surface area contributed by atoms with Crippen molar-refractivity contribution in [1.29, 1.82) is 0 Å². The second-order valence-electron chi connectivity index (χ2n) is 20.1. The first-order valence-corrected chi connectivity index (χ1v) is 26.5. The maximum atomic E-state index is 5.63. The minimum Gasteiger partial charge on any atom is -0.497 e. The Kier molecular flexibility index (Phi) is 10.5. The average molecular weight is 1000 g/mol.